The zero-order valence-corrected chi connectivity index (χ0v) is 20.3. The van der Waals surface area contributed by atoms with Crippen molar-refractivity contribution in [3.8, 4) is 17.9 Å². The molecule has 0 spiro atoms. The fourth-order valence-corrected chi connectivity index (χ4v) is 4.40. The SMILES string of the molecule is COc1c(C(=O)Nc2cnoc2)nc([C@@H](C)C(c2ccccc2C#N)c2ccccc2C#N)n(C)c1=O. The van der Waals surface area contributed by atoms with E-state index in [0.717, 1.165) is 0 Å². The Bertz CT molecular complexity index is 1540. The third-order valence-corrected chi connectivity index (χ3v) is 6.13. The number of carbonyl (C=O) groups excluding carboxylic acids is 1. The minimum atomic E-state index is -0.683. The van der Waals surface area contributed by atoms with E-state index >= 15 is 0 Å². The van der Waals surface area contributed by atoms with Gasteiger partial charge in [0, 0.05) is 18.9 Å². The van der Waals surface area contributed by atoms with Crippen LogP contribution in [0.15, 0.2) is 70.3 Å². The van der Waals surface area contributed by atoms with Crippen molar-refractivity contribution in [2.75, 3.05) is 12.4 Å². The topological polar surface area (TPSA) is 147 Å². The minimum Gasteiger partial charge on any atom is -0.489 e. The molecular weight excluding hydrogens is 472 g/mol. The Balaban J connectivity index is 1.93. The molecule has 37 heavy (non-hydrogen) atoms. The van der Waals surface area contributed by atoms with E-state index in [1.54, 1.807) is 24.3 Å². The molecule has 0 unspecified atom stereocenters. The number of nitrogens with one attached hydrogen (secondary N) is 1. The molecule has 2 aromatic heterocycles. The van der Waals surface area contributed by atoms with Crippen LogP contribution in [-0.2, 0) is 7.05 Å². The van der Waals surface area contributed by atoms with E-state index in [2.05, 4.69) is 27.6 Å². The van der Waals surface area contributed by atoms with Gasteiger partial charge >= 0.3 is 0 Å². The highest BCUT2D eigenvalue weighted by molar-refractivity contribution is 6.04. The first-order valence-electron chi connectivity index (χ1n) is 11.2. The normalized spacial score (nSPS) is 11.4. The van der Waals surface area contributed by atoms with Gasteiger partial charge in [0.1, 0.15) is 17.8 Å². The summed E-state index contributed by atoms with van der Waals surface area (Å²) in [5.74, 6) is -1.72. The second-order valence-electron chi connectivity index (χ2n) is 8.25. The molecule has 0 saturated carbocycles. The van der Waals surface area contributed by atoms with Crippen LogP contribution in [0.5, 0.6) is 5.75 Å². The highest BCUT2D eigenvalue weighted by Gasteiger charge is 2.32. The number of rotatable bonds is 7. The van der Waals surface area contributed by atoms with Crippen LogP contribution in [0, 0.1) is 22.7 Å². The predicted octanol–water partition coefficient (Wildman–Crippen LogP) is 3.71. The number of hydrogen-bond donors (Lipinski definition) is 1. The van der Waals surface area contributed by atoms with Gasteiger partial charge in [0.15, 0.2) is 5.69 Å². The van der Waals surface area contributed by atoms with Crippen molar-refractivity contribution in [1.82, 2.24) is 14.7 Å². The number of benzene rings is 2. The average Bonchev–Trinajstić information content (AvgIpc) is 3.43. The third kappa shape index (κ3) is 4.68. The smallest absolute Gasteiger partial charge is 0.296 e. The van der Waals surface area contributed by atoms with Crippen LogP contribution < -0.4 is 15.6 Å². The lowest BCUT2D eigenvalue weighted by Crippen LogP contribution is -2.31. The number of methoxy groups -OCH3 is 1. The lowest BCUT2D eigenvalue weighted by molar-refractivity contribution is 0.101. The van der Waals surface area contributed by atoms with Gasteiger partial charge in [-0.2, -0.15) is 10.5 Å². The Hall–Kier alpha value is -5.22. The molecule has 10 nitrogen and oxygen atoms in total. The number of anilines is 1. The molecule has 1 N–H and O–H groups in total. The summed E-state index contributed by atoms with van der Waals surface area (Å²) in [5.41, 5.74) is 1.70. The molecule has 0 saturated heterocycles. The van der Waals surface area contributed by atoms with Crippen molar-refractivity contribution < 1.29 is 14.1 Å². The summed E-state index contributed by atoms with van der Waals surface area (Å²) in [6.45, 7) is 1.84. The van der Waals surface area contributed by atoms with Crippen LogP contribution in [0.3, 0.4) is 0 Å². The molecule has 4 aromatic rings. The van der Waals surface area contributed by atoms with E-state index < -0.39 is 23.3 Å². The Morgan fingerprint density at radius 1 is 1.08 bits per heavy atom. The van der Waals surface area contributed by atoms with Gasteiger partial charge in [-0.15, -0.1) is 0 Å². The number of nitrogens with zero attached hydrogens (tertiary/aromatic N) is 5. The first-order chi connectivity index (χ1) is 17.9. The Labute approximate surface area is 212 Å². The van der Waals surface area contributed by atoms with E-state index in [4.69, 9.17) is 9.26 Å². The van der Waals surface area contributed by atoms with Crippen LogP contribution in [0.2, 0.25) is 0 Å². The molecule has 0 radical (unpaired) electrons. The van der Waals surface area contributed by atoms with Gasteiger partial charge in [-0.25, -0.2) is 4.98 Å². The van der Waals surface area contributed by atoms with Gasteiger partial charge in [-0.05, 0) is 23.3 Å². The number of amides is 1. The average molecular weight is 495 g/mol. The second-order valence-corrected chi connectivity index (χ2v) is 8.25. The monoisotopic (exact) mass is 494 g/mol. The van der Waals surface area contributed by atoms with Crippen LogP contribution in [-0.4, -0.2) is 27.7 Å². The van der Waals surface area contributed by atoms with Crippen LogP contribution >= 0.6 is 0 Å². The predicted molar refractivity (Wildman–Crippen MR) is 133 cm³/mol. The zero-order valence-electron chi connectivity index (χ0n) is 20.3. The number of aromatic nitrogens is 3. The Kier molecular flexibility index (Phi) is 7.12. The second kappa shape index (κ2) is 10.6. The number of hydrogen-bond acceptors (Lipinski definition) is 8. The van der Waals surface area contributed by atoms with Gasteiger partial charge in [0.2, 0.25) is 5.75 Å². The molecule has 10 heteroatoms. The summed E-state index contributed by atoms with van der Waals surface area (Å²) in [7, 11) is 2.82. The van der Waals surface area contributed by atoms with Crippen molar-refractivity contribution in [2.24, 2.45) is 7.05 Å². The van der Waals surface area contributed by atoms with E-state index in [9.17, 15) is 20.1 Å². The van der Waals surface area contributed by atoms with Crippen molar-refractivity contribution in [2.45, 2.75) is 18.8 Å². The standard InChI is InChI=1S/C27H22N6O4/c1-16(22(20-10-6-4-8-17(20)12-28)21-11-7-5-9-18(21)13-29)25-32-23(24(36-3)27(35)33(25)2)26(34)31-19-14-30-37-15-19/h4-11,14-16,22H,1-3H3,(H,31,34)/t16-/m0/s1. The molecule has 2 aromatic carbocycles. The fourth-order valence-electron chi connectivity index (χ4n) is 4.40. The molecule has 2 heterocycles. The summed E-state index contributed by atoms with van der Waals surface area (Å²) in [4.78, 5) is 30.9. The third-order valence-electron chi connectivity index (χ3n) is 6.13. The fraction of sp³-hybridized carbons (Fsp3) is 0.185. The number of nitriles is 2. The van der Waals surface area contributed by atoms with Crippen molar-refractivity contribution >= 4 is 11.6 Å². The van der Waals surface area contributed by atoms with E-state index in [1.165, 1.54) is 31.2 Å². The maximum absolute atomic E-state index is 13.3. The molecule has 4 rings (SSSR count). The molecule has 0 aliphatic rings. The van der Waals surface area contributed by atoms with Crippen molar-refractivity contribution in [3.05, 3.63) is 105 Å². The van der Waals surface area contributed by atoms with Crippen molar-refractivity contribution in [1.29, 1.82) is 10.5 Å². The summed E-state index contributed by atoms with van der Waals surface area (Å²) in [6, 6.07) is 18.6. The summed E-state index contributed by atoms with van der Waals surface area (Å²) < 4.78 is 11.3. The maximum Gasteiger partial charge on any atom is 0.296 e. The van der Waals surface area contributed by atoms with Gasteiger partial charge in [0.25, 0.3) is 11.5 Å². The highest BCUT2D eigenvalue weighted by atomic mass is 16.5. The van der Waals surface area contributed by atoms with Gasteiger partial charge < -0.3 is 14.6 Å². The Morgan fingerprint density at radius 2 is 1.68 bits per heavy atom. The van der Waals surface area contributed by atoms with E-state index in [1.807, 2.05) is 31.2 Å². The largest absolute Gasteiger partial charge is 0.489 e. The van der Waals surface area contributed by atoms with E-state index in [0.29, 0.717) is 22.3 Å². The lowest BCUT2D eigenvalue weighted by Gasteiger charge is -2.28. The number of carbonyl (C=O) groups is 1. The molecular formula is C27H22N6O4. The first-order valence-corrected chi connectivity index (χ1v) is 11.2. The number of ether oxygens (including phenoxy) is 1. The lowest BCUT2D eigenvalue weighted by atomic mass is 9.77. The van der Waals surface area contributed by atoms with Crippen LogP contribution in [0.1, 0.15) is 57.3 Å². The van der Waals surface area contributed by atoms with Gasteiger partial charge in [0.05, 0.1) is 36.6 Å². The quantitative estimate of drug-likeness (QED) is 0.409. The minimum absolute atomic E-state index is 0.213. The Morgan fingerprint density at radius 3 is 2.19 bits per heavy atom. The van der Waals surface area contributed by atoms with Gasteiger partial charge in [-0.3, -0.25) is 14.2 Å². The summed E-state index contributed by atoms with van der Waals surface area (Å²) >= 11 is 0. The molecule has 0 fully saturated rings. The van der Waals surface area contributed by atoms with Crippen LogP contribution in [0.25, 0.3) is 0 Å². The molecule has 1 amide bonds. The molecule has 0 bridgehead atoms. The summed E-state index contributed by atoms with van der Waals surface area (Å²) in [6.07, 6.45) is 2.55. The molecule has 0 aliphatic heterocycles. The highest BCUT2D eigenvalue weighted by Crippen LogP contribution is 2.40. The molecule has 0 aliphatic carbocycles. The van der Waals surface area contributed by atoms with Crippen molar-refractivity contribution in [3.63, 3.8) is 0 Å². The molecule has 184 valence electrons. The first kappa shape index (κ1) is 24.9. The zero-order chi connectivity index (χ0) is 26.5. The molecule has 1 atom stereocenters. The summed E-state index contributed by atoms with van der Waals surface area (Å²) in [5, 5.41) is 25.8. The van der Waals surface area contributed by atoms with E-state index in [-0.39, 0.29) is 23.0 Å². The van der Waals surface area contributed by atoms with Crippen LogP contribution in [0.4, 0.5) is 5.69 Å². The maximum atomic E-state index is 13.3. The van der Waals surface area contributed by atoms with Gasteiger partial charge in [-0.1, -0.05) is 48.5 Å².